The third kappa shape index (κ3) is 1.63. The molecule has 0 atom stereocenters. The second-order valence-corrected chi connectivity index (χ2v) is 6.04. The van der Waals surface area contributed by atoms with Crippen molar-refractivity contribution in [3.8, 4) is 0 Å². The summed E-state index contributed by atoms with van der Waals surface area (Å²) in [6.07, 6.45) is 0.850. The minimum Gasteiger partial charge on any atom is -0.252 e. The number of rotatable bonds is 0. The van der Waals surface area contributed by atoms with Crippen LogP contribution in [0.2, 0.25) is 0 Å². The average Bonchev–Trinajstić information content (AvgIpc) is 2.78. The standard InChI is InChI=1S/C16H9BrClN/c17-10-6-5-9-7-14-15(16(18)12(9)8-10)11-3-1-2-4-13(11)19-14/h1-6,8H,7H2. The number of halogens is 2. The fourth-order valence-electron chi connectivity index (χ4n) is 2.73. The van der Waals surface area contributed by atoms with Crippen molar-refractivity contribution in [1.29, 1.82) is 0 Å². The van der Waals surface area contributed by atoms with Crippen LogP contribution in [0.25, 0.3) is 10.6 Å². The molecule has 0 saturated heterocycles. The topological polar surface area (TPSA) is 12.4 Å². The predicted octanol–water partition coefficient (Wildman–Crippen LogP) is 5.20. The van der Waals surface area contributed by atoms with E-state index in [0.29, 0.717) is 0 Å². The molecule has 2 aliphatic rings. The first-order chi connectivity index (χ1) is 9.24. The van der Waals surface area contributed by atoms with Gasteiger partial charge < -0.3 is 0 Å². The van der Waals surface area contributed by atoms with E-state index in [9.17, 15) is 0 Å². The van der Waals surface area contributed by atoms with Gasteiger partial charge in [-0.1, -0.05) is 51.8 Å². The van der Waals surface area contributed by atoms with Crippen molar-refractivity contribution in [2.24, 2.45) is 4.99 Å². The Labute approximate surface area is 124 Å². The molecule has 2 aromatic carbocycles. The second-order valence-electron chi connectivity index (χ2n) is 4.74. The van der Waals surface area contributed by atoms with E-state index in [-0.39, 0.29) is 0 Å². The number of aliphatic imine (C=N–C) groups is 1. The van der Waals surface area contributed by atoms with Crippen LogP contribution in [0, 0.1) is 0 Å². The highest BCUT2D eigenvalue weighted by atomic mass is 79.9. The molecule has 0 radical (unpaired) electrons. The average molecular weight is 331 g/mol. The van der Waals surface area contributed by atoms with Gasteiger partial charge in [-0.15, -0.1) is 0 Å². The molecule has 0 fully saturated rings. The van der Waals surface area contributed by atoms with Crippen LogP contribution in [0.15, 0.2) is 51.9 Å². The molecule has 0 saturated carbocycles. The summed E-state index contributed by atoms with van der Waals surface area (Å²) < 4.78 is 1.05. The summed E-state index contributed by atoms with van der Waals surface area (Å²) in [6, 6.07) is 14.4. The SMILES string of the molecule is ClC1=C2C(=Nc3ccccc32)Cc2ccc(Br)cc21. The Morgan fingerprint density at radius 2 is 1.89 bits per heavy atom. The van der Waals surface area contributed by atoms with E-state index in [1.807, 2.05) is 18.2 Å². The maximum atomic E-state index is 6.63. The van der Waals surface area contributed by atoms with Crippen LogP contribution in [0.5, 0.6) is 0 Å². The van der Waals surface area contributed by atoms with E-state index in [0.717, 1.165) is 44.0 Å². The number of hydrogen-bond donors (Lipinski definition) is 0. The summed E-state index contributed by atoms with van der Waals surface area (Å²) in [6.45, 7) is 0. The number of allylic oxidation sites excluding steroid dienone is 1. The summed E-state index contributed by atoms with van der Waals surface area (Å²) in [5.41, 5.74) is 6.71. The van der Waals surface area contributed by atoms with Crippen molar-refractivity contribution in [2.75, 3.05) is 0 Å². The highest BCUT2D eigenvalue weighted by Crippen LogP contribution is 2.45. The number of nitrogens with zero attached hydrogens (tertiary/aromatic N) is 1. The van der Waals surface area contributed by atoms with Gasteiger partial charge in [0.05, 0.1) is 16.4 Å². The van der Waals surface area contributed by atoms with Crippen LogP contribution in [-0.2, 0) is 6.42 Å². The number of benzene rings is 2. The highest BCUT2D eigenvalue weighted by Gasteiger charge is 2.29. The lowest BCUT2D eigenvalue weighted by atomic mass is 9.88. The zero-order valence-corrected chi connectivity index (χ0v) is 12.3. The second kappa shape index (κ2) is 4.06. The summed E-state index contributed by atoms with van der Waals surface area (Å²) >= 11 is 10.1. The first-order valence-corrected chi connectivity index (χ1v) is 7.27. The molecular weight excluding hydrogens is 322 g/mol. The summed E-state index contributed by atoms with van der Waals surface area (Å²) in [5, 5.41) is 0.811. The number of para-hydroxylation sites is 1. The van der Waals surface area contributed by atoms with Crippen molar-refractivity contribution >= 4 is 49.5 Å². The molecule has 0 aromatic heterocycles. The monoisotopic (exact) mass is 329 g/mol. The van der Waals surface area contributed by atoms with Gasteiger partial charge in [-0.3, -0.25) is 4.99 Å². The third-order valence-corrected chi connectivity index (χ3v) is 4.49. The van der Waals surface area contributed by atoms with Gasteiger partial charge in [0, 0.05) is 22.0 Å². The molecule has 92 valence electrons. The molecule has 0 amide bonds. The molecule has 3 heteroatoms. The van der Waals surface area contributed by atoms with Crippen molar-refractivity contribution in [3.05, 3.63) is 63.6 Å². The smallest absolute Gasteiger partial charge is 0.0712 e. The number of hydrogen-bond acceptors (Lipinski definition) is 1. The fourth-order valence-corrected chi connectivity index (χ4v) is 3.48. The molecule has 0 unspecified atom stereocenters. The van der Waals surface area contributed by atoms with Gasteiger partial charge in [0.2, 0.25) is 0 Å². The minimum absolute atomic E-state index is 0.811. The Bertz CT molecular complexity index is 774. The van der Waals surface area contributed by atoms with Crippen LogP contribution in [0.1, 0.15) is 16.7 Å². The Balaban J connectivity index is 2.03. The van der Waals surface area contributed by atoms with E-state index in [4.69, 9.17) is 16.6 Å². The van der Waals surface area contributed by atoms with Gasteiger partial charge >= 0.3 is 0 Å². The van der Waals surface area contributed by atoms with Gasteiger partial charge in [0.25, 0.3) is 0 Å². The van der Waals surface area contributed by atoms with E-state index in [1.54, 1.807) is 0 Å². The zero-order chi connectivity index (χ0) is 13.0. The maximum absolute atomic E-state index is 6.63. The molecule has 2 aromatic rings. The lowest BCUT2D eigenvalue weighted by Crippen LogP contribution is -2.11. The van der Waals surface area contributed by atoms with Gasteiger partial charge in [-0.05, 0) is 29.3 Å². The van der Waals surface area contributed by atoms with Crippen molar-refractivity contribution in [3.63, 3.8) is 0 Å². The Morgan fingerprint density at radius 1 is 1.05 bits per heavy atom. The largest absolute Gasteiger partial charge is 0.252 e. The van der Waals surface area contributed by atoms with E-state index < -0.39 is 0 Å². The van der Waals surface area contributed by atoms with Gasteiger partial charge in [0.15, 0.2) is 0 Å². The molecule has 1 heterocycles. The van der Waals surface area contributed by atoms with Crippen molar-refractivity contribution < 1.29 is 0 Å². The first kappa shape index (κ1) is 11.4. The molecule has 19 heavy (non-hydrogen) atoms. The van der Waals surface area contributed by atoms with Crippen LogP contribution >= 0.6 is 27.5 Å². The predicted molar refractivity (Wildman–Crippen MR) is 84.1 cm³/mol. The van der Waals surface area contributed by atoms with E-state index in [2.05, 4.69) is 40.2 Å². The molecule has 1 aliphatic carbocycles. The fraction of sp³-hybridized carbons (Fsp3) is 0.0625. The van der Waals surface area contributed by atoms with Gasteiger partial charge in [-0.25, -0.2) is 0 Å². The lowest BCUT2D eigenvalue weighted by molar-refractivity contribution is 1.29. The first-order valence-electron chi connectivity index (χ1n) is 6.10. The number of fused-ring (bicyclic) bond motifs is 4. The van der Waals surface area contributed by atoms with Crippen LogP contribution in [0.3, 0.4) is 0 Å². The maximum Gasteiger partial charge on any atom is 0.0712 e. The highest BCUT2D eigenvalue weighted by molar-refractivity contribution is 9.10. The molecular formula is C16H9BrClN. The van der Waals surface area contributed by atoms with Crippen LogP contribution in [-0.4, -0.2) is 5.71 Å². The molecule has 4 rings (SSSR count). The molecule has 0 N–H and O–H groups in total. The summed E-state index contributed by atoms with van der Waals surface area (Å²) in [7, 11) is 0. The summed E-state index contributed by atoms with van der Waals surface area (Å²) in [4.78, 5) is 4.71. The normalized spacial score (nSPS) is 15.8. The third-order valence-electron chi connectivity index (χ3n) is 3.60. The molecule has 0 bridgehead atoms. The van der Waals surface area contributed by atoms with Crippen LogP contribution in [0.4, 0.5) is 5.69 Å². The quantitative estimate of drug-likeness (QED) is 0.629. The Kier molecular flexibility index (Phi) is 2.44. The van der Waals surface area contributed by atoms with Gasteiger partial charge in [-0.2, -0.15) is 0 Å². The molecule has 1 aliphatic heterocycles. The minimum atomic E-state index is 0.811. The van der Waals surface area contributed by atoms with Crippen molar-refractivity contribution in [1.82, 2.24) is 0 Å². The van der Waals surface area contributed by atoms with Crippen molar-refractivity contribution in [2.45, 2.75) is 6.42 Å². The summed E-state index contributed by atoms with van der Waals surface area (Å²) in [5.74, 6) is 0. The van der Waals surface area contributed by atoms with E-state index >= 15 is 0 Å². The Hall–Kier alpha value is -1.38. The van der Waals surface area contributed by atoms with Gasteiger partial charge in [0.1, 0.15) is 0 Å². The molecule has 1 nitrogen and oxygen atoms in total. The Morgan fingerprint density at radius 3 is 2.79 bits per heavy atom. The zero-order valence-electron chi connectivity index (χ0n) is 9.95. The lowest BCUT2D eigenvalue weighted by Gasteiger charge is -2.19. The van der Waals surface area contributed by atoms with Crippen LogP contribution < -0.4 is 0 Å². The molecule has 0 spiro atoms. The van der Waals surface area contributed by atoms with E-state index in [1.165, 1.54) is 5.56 Å².